The van der Waals surface area contributed by atoms with Gasteiger partial charge in [0, 0.05) is 17.7 Å². The average Bonchev–Trinajstić information content (AvgIpc) is 2.67. The molecule has 3 aromatic carbocycles. The fourth-order valence-electron chi connectivity index (χ4n) is 2.53. The number of benzene rings is 3. The number of hydrogen-bond acceptors (Lipinski definition) is 3. The maximum absolute atomic E-state index is 13.8. The molecule has 3 rings (SSSR count). The number of carbonyl (C=O) groups is 1. The third-order valence-electron chi connectivity index (χ3n) is 3.98. The van der Waals surface area contributed by atoms with E-state index in [1.807, 2.05) is 0 Å². The van der Waals surface area contributed by atoms with Crippen molar-refractivity contribution < 1.29 is 27.1 Å². The molecule has 0 saturated heterocycles. The summed E-state index contributed by atoms with van der Waals surface area (Å²) in [6, 6.07) is 10.7. The van der Waals surface area contributed by atoms with Crippen LogP contribution < -0.4 is 4.74 Å². The zero-order chi connectivity index (χ0) is 21.8. The summed E-state index contributed by atoms with van der Waals surface area (Å²) in [5.41, 5.74) is -0.284. The summed E-state index contributed by atoms with van der Waals surface area (Å²) >= 11 is 0. The van der Waals surface area contributed by atoms with Crippen molar-refractivity contribution in [2.45, 2.75) is 6.92 Å². The predicted molar refractivity (Wildman–Crippen MR) is 99.5 cm³/mol. The van der Waals surface area contributed by atoms with E-state index in [4.69, 9.17) is 10.00 Å². The molecule has 148 valence electrons. The van der Waals surface area contributed by atoms with Crippen LogP contribution in [0.3, 0.4) is 0 Å². The van der Waals surface area contributed by atoms with Gasteiger partial charge in [0.05, 0.1) is 11.1 Å². The molecule has 0 aliphatic rings. The number of nitriles is 1. The van der Waals surface area contributed by atoms with Gasteiger partial charge in [-0.15, -0.1) is 0 Å². The van der Waals surface area contributed by atoms with Crippen molar-refractivity contribution in [1.29, 1.82) is 5.26 Å². The van der Waals surface area contributed by atoms with E-state index in [-0.39, 0.29) is 11.1 Å². The molecule has 0 N–H and O–H groups in total. The first kappa shape index (κ1) is 20.6. The third-order valence-corrected chi connectivity index (χ3v) is 3.98. The largest absolute Gasteiger partial charge is 0.423 e. The lowest BCUT2D eigenvalue weighted by Gasteiger charge is -2.06. The van der Waals surface area contributed by atoms with E-state index in [9.17, 15) is 22.4 Å². The van der Waals surface area contributed by atoms with Crippen LogP contribution in [-0.2, 0) is 0 Å². The molecule has 7 heteroatoms. The Kier molecular flexibility index (Phi) is 5.85. The predicted octanol–water partition coefficient (Wildman–Crippen LogP) is 5.04. The lowest BCUT2D eigenvalue weighted by atomic mass is 10.1. The Morgan fingerprint density at radius 3 is 1.90 bits per heavy atom. The van der Waals surface area contributed by atoms with Crippen LogP contribution in [0.1, 0.15) is 32.6 Å². The minimum atomic E-state index is -1.15. The van der Waals surface area contributed by atoms with Gasteiger partial charge in [0.1, 0.15) is 40.7 Å². The average molecular weight is 409 g/mol. The van der Waals surface area contributed by atoms with E-state index >= 15 is 0 Å². The van der Waals surface area contributed by atoms with Crippen molar-refractivity contribution in [3.63, 3.8) is 0 Å². The fourth-order valence-corrected chi connectivity index (χ4v) is 2.53. The first-order valence-electron chi connectivity index (χ1n) is 8.47. The Labute approximate surface area is 169 Å². The molecule has 0 saturated carbocycles. The van der Waals surface area contributed by atoms with Gasteiger partial charge in [-0.05, 0) is 48.9 Å². The van der Waals surface area contributed by atoms with E-state index in [2.05, 4.69) is 11.8 Å². The number of nitrogens with zero attached hydrogens (tertiary/aromatic N) is 1. The molecule has 0 atom stereocenters. The molecule has 0 aromatic heterocycles. The molecule has 0 fully saturated rings. The van der Waals surface area contributed by atoms with E-state index in [1.165, 1.54) is 42.5 Å². The summed E-state index contributed by atoms with van der Waals surface area (Å²) in [7, 11) is 0. The van der Waals surface area contributed by atoms with Gasteiger partial charge in [-0.25, -0.2) is 22.4 Å². The van der Waals surface area contributed by atoms with Crippen molar-refractivity contribution >= 4 is 5.97 Å². The third kappa shape index (κ3) is 4.48. The molecule has 3 aromatic rings. The first-order valence-corrected chi connectivity index (χ1v) is 8.47. The van der Waals surface area contributed by atoms with Crippen molar-refractivity contribution in [3.05, 3.63) is 99.6 Å². The highest BCUT2D eigenvalue weighted by Crippen LogP contribution is 2.21. The number of halogens is 4. The zero-order valence-electron chi connectivity index (χ0n) is 15.4. The van der Waals surface area contributed by atoms with E-state index in [0.717, 1.165) is 12.1 Å². The van der Waals surface area contributed by atoms with Gasteiger partial charge in [0.15, 0.2) is 0 Å². The Morgan fingerprint density at radius 1 is 0.833 bits per heavy atom. The van der Waals surface area contributed by atoms with Crippen molar-refractivity contribution in [2.75, 3.05) is 0 Å². The quantitative estimate of drug-likeness (QED) is 0.258. The highest BCUT2D eigenvalue weighted by atomic mass is 19.1. The van der Waals surface area contributed by atoms with Gasteiger partial charge >= 0.3 is 5.97 Å². The summed E-state index contributed by atoms with van der Waals surface area (Å²) in [5.74, 6) is -0.145. The molecule has 0 amide bonds. The summed E-state index contributed by atoms with van der Waals surface area (Å²) in [5, 5.41) is 8.64. The Hall–Kier alpha value is -4.10. The van der Waals surface area contributed by atoms with E-state index < -0.39 is 40.6 Å². The number of esters is 1. The molecule has 0 bridgehead atoms. The molecular formula is C23H11F4NO2. The SMILES string of the molecule is Cc1cc(F)c(C#Cc2ccc(C(=O)Oc3cc(F)c(C#N)c(F)c3)cc2)c(F)c1. The monoisotopic (exact) mass is 409 g/mol. The van der Waals surface area contributed by atoms with Crippen LogP contribution in [0.25, 0.3) is 0 Å². The fraction of sp³-hybridized carbons (Fsp3) is 0.0435. The number of hydrogen-bond donors (Lipinski definition) is 0. The van der Waals surface area contributed by atoms with Gasteiger partial charge in [0.2, 0.25) is 0 Å². The Bertz CT molecular complexity index is 1200. The second-order valence-electron chi connectivity index (χ2n) is 6.19. The van der Waals surface area contributed by atoms with Crippen molar-refractivity contribution in [3.8, 4) is 23.7 Å². The second kappa shape index (κ2) is 8.50. The normalized spacial score (nSPS) is 10.0. The molecule has 0 aliphatic carbocycles. The van der Waals surface area contributed by atoms with Gasteiger partial charge in [-0.1, -0.05) is 11.8 Å². The van der Waals surface area contributed by atoms with Crippen LogP contribution in [0, 0.1) is 53.4 Å². The summed E-state index contributed by atoms with van der Waals surface area (Å²) < 4.78 is 59.7. The van der Waals surface area contributed by atoms with Crippen molar-refractivity contribution in [2.24, 2.45) is 0 Å². The molecule has 3 nitrogen and oxygen atoms in total. The number of rotatable bonds is 2. The molecule has 0 spiro atoms. The maximum atomic E-state index is 13.8. The van der Waals surface area contributed by atoms with Crippen LogP contribution in [0.15, 0.2) is 48.5 Å². The van der Waals surface area contributed by atoms with Gasteiger partial charge in [-0.3, -0.25) is 0 Å². The molecule has 0 heterocycles. The van der Waals surface area contributed by atoms with E-state index in [0.29, 0.717) is 11.1 Å². The zero-order valence-corrected chi connectivity index (χ0v) is 15.4. The maximum Gasteiger partial charge on any atom is 0.343 e. The van der Waals surface area contributed by atoms with Crippen molar-refractivity contribution in [1.82, 2.24) is 0 Å². The lowest BCUT2D eigenvalue weighted by Crippen LogP contribution is -2.09. The topological polar surface area (TPSA) is 50.1 Å². The lowest BCUT2D eigenvalue weighted by molar-refractivity contribution is 0.0734. The number of aryl methyl sites for hydroxylation is 1. The molecule has 0 radical (unpaired) electrons. The van der Waals surface area contributed by atoms with Gasteiger partial charge < -0.3 is 4.74 Å². The van der Waals surface area contributed by atoms with Crippen LogP contribution in [-0.4, -0.2) is 5.97 Å². The first-order chi connectivity index (χ1) is 14.3. The highest BCUT2D eigenvalue weighted by molar-refractivity contribution is 5.91. The molecule has 0 aliphatic heterocycles. The number of carbonyl (C=O) groups excluding carboxylic acids is 1. The van der Waals surface area contributed by atoms with E-state index in [1.54, 1.807) is 6.92 Å². The Balaban J connectivity index is 1.77. The second-order valence-corrected chi connectivity index (χ2v) is 6.19. The summed E-state index contributed by atoms with van der Waals surface area (Å²) in [6.07, 6.45) is 0. The van der Waals surface area contributed by atoms with Crippen LogP contribution in [0.5, 0.6) is 5.75 Å². The molecule has 0 unspecified atom stereocenters. The molecular weight excluding hydrogens is 398 g/mol. The minimum absolute atomic E-state index is 0.0541. The summed E-state index contributed by atoms with van der Waals surface area (Å²) in [4.78, 5) is 12.1. The van der Waals surface area contributed by atoms with Crippen LogP contribution in [0.4, 0.5) is 17.6 Å². The highest BCUT2D eigenvalue weighted by Gasteiger charge is 2.15. The minimum Gasteiger partial charge on any atom is -0.423 e. The van der Waals surface area contributed by atoms with Crippen LogP contribution in [0.2, 0.25) is 0 Å². The Morgan fingerprint density at radius 2 is 1.37 bits per heavy atom. The van der Waals surface area contributed by atoms with Gasteiger partial charge in [0.25, 0.3) is 0 Å². The molecule has 30 heavy (non-hydrogen) atoms. The smallest absolute Gasteiger partial charge is 0.343 e. The number of ether oxygens (including phenoxy) is 1. The summed E-state index contributed by atoms with van der Waals surface area (Å²) in [6.45, 7) is 1.56. The van der Waals surface area contributed by atoms with Gasteiger partial charge in [-0.2, -0.15) is 5.26 Å². The van der Waals surface area contributed by atoms with Crippen LogP contribution >= 0.6 is 0 Å². The standard InChI is InChI=1S/C23H11F4NO2/c1-13-8-19(24)17(20(25)9-13)7-4-14-2-5-15(6-3-14)23(29)30-16-10-21(26)18(12-28)22(27)11-16/h2-3,5-6,8-11H,1H3.